The number of nitrogens with zero attached hydrogens (tertiary/aromatic N) is 2. The van der Waals surface area contributed by atoms with E-state index in [0.717, 1.165) is 24.2 Å². The lowest BCUT2D eigenvalue weighted by atomic mass is 10.1. The number of aryl methyl sites for hydroxylation is 1. The summed E-state index contributed by atoms with van der Waals surface area (Å²) in [6, 6.07) is 4.23. The lowest BCUT2D eigenvalue weighted by Crippen LogP contribution is -2.10. The first-order chi connectivity index (χ1) is 9.61. The average molecular weight is 277 g/mol. The molecule has 0 aliphatic carbocycles. The van der Waals surface area contributed by atoms with E-state index in [-0.39, 0.29) is 11.9 Å². The zero-order valence-corrected chi connectivity index (χ0v) is 11.8. The first-order valence-corrected chi connectivity index (χ1v) is 6.78. The number of aromatic nitrogens is 2. The predicted molar refractivity (Wildman–Crippen MR) is 75.9 cm³/mol. The van der Waals surface area contributed by atoms with E-state index in [1.165, 1.54) is 12.1 Å². The van der Waals surface area contributed by atoms with Crippen LogP contribution in [-0.2, 0) is 13.2 Å². The van der Waals surface area contributed by atoms with Crippen molar-refractivity contribution in [3.8, 4) is 5.75 Å². The van der Waals surface area contributed by atoms with E-state index in [9.17, 15) is 4.39 Å². The molecule has 20 heavy (non-hydrogen) atoms. The molecule has 1 aromatic carbocycles. The monoisotopic (exact) mass is 277 g/mol. The summed E-state index contributed by atoms with van der Waals surface area (Å²) < 4.78 is 21.1. The number of rotatable bonds is 6. The summed E-state index contributed by atoms with van der Waals surface area (Å²) in [5.74, 6) is 0.163. The molecule has 2 rings (SSSR count). The van der Waals surface area contributed by atoms with Crippen LogP contribution in [0.1, 0.15) is 37.6 Å². The van der Waals surface area contributed by atoms with Crippen LogP contribution in [0.4, 0.5) is 4.39 Å². The van der Waals surface area contributed by atoms with E-state index in [1.807, 2.05) is 11.5 Å². The SMILES string of the molecule is CCCn1cncc1COc1cc(F)ccc1[C@@H](C)N. The fourth-order valence-electron chi connectivity index (χ4n) is 2.07. The van der Waals surface area contributed by atoms with Crippen LogP contribution in [0.25, 0.3) is 0 Å². The van der Waals surface area contributed by atoms with Crippen molar-refractivity contribution in [2.24, 2.45) is 5.73 Å². The van der Waals surface area contributed by atoms with Gasteiger partial charge in [-0.2, -0.15) is 0 Å². The molecular formula is C15H20FN3O. The van der Waals surface area contributed by atoms with Crippen LogP contribution >= 0.6 is 0 Å². The van der Waals surface area contributed by atoms with Crippen molar-refractivity contribution < 1.29 is 9.13 Å². The van der Waals surface area contributed by atoms with Crippen molar-refractivity contribution >= 4 is 0 Å². The highest BCUT2D eigenvalue weighted by atomic mass is 19.1. The molecule has 1 heterocycles. The first-order valence-electron chi connectivity index (χ1n) is 6.78. The van der Waals surface area contributed by atoms with Crippen LogP contribution in [0.15, 0.2) is 30.7 Å². The normalized spacial score (nSPS) is 12.4. The van der Waals surface area contributed by atoms with Crippen molar-refractivity contribution in [2.75, 3.05) is 0 Å². The molecule has 0 spiro atoms. The fourth-order valence-corrected chi connectivity index (χ4v) is 2.07. The zero-order chi connectivity index (χ0) is 14.5. The highest BCUT2D eigenvalue weighted by Gasteiger charge is 2.11. The molecule has 0 radical (unpaired) electrons. The maximum atomic E-state index is 13.3. The third-order valence-electron chi connectivity index (χ3n) is 3.10. The molecule has 0 amide bonds. The Kier molecular flexibility index (Phi) is 4.74. The predicted octanol–water partition coefficient (Wildman–Crippen LogP) is 3.03. The zero-order valence-electron chi connectivity index (χ0n) is 11.8. The van der Waals surface area contributed by atoms with Crippen LogP contribution in [0, 0.1) is 5.82 Å². The maximum absolute atomic E-state index is 13.3. The Morgan fingerprint density at radius 2 is 2.25 bits per heavy atom. The standard InChI is InChI=1S/C15H20FN3O/c1-3-6-19-10-18-8-13(19)9-20-15-7-12(16)4-5-14(15)11(2)17/h4-5,7-8,10-11H,3,6,9,17H2,1-2H3/t11-/m1/s1. The van der Waals surface area contributed by atoms with Gasteiger partial charge in [-0.25, -0.2) is 9.37 Å². The van der Waals surface area contributed by atoms with Gasteiger partial charge in [0.15, 0.2) is 0 Å². The summed E-state index contributed by atoms with van der Waals surface area (Å²) >= 11 is 0. The van der Waals surface area contributed by atoms with Gasteiger partial charge in [-0.3, -0.25) is 0 Å². The Bertz CT molecular complexity index is 566. The fraction of sp³-hybridized carbons (Fsp3) is 0.400. The Morgan fingerprint density at radius 1 is 1.45 bits per heavy atom. The third kappa shape index (κ3) is 3.36. The molecule has 0 fully saturated rings. The lowest BCUT2D eigenvalue weighted by Gasteiger charge is -2.14. The Balaban J connectivity index is 2.14. The second kappa shape index (κ2) is 6.52. The second-order valence-corrected chi connectivity index (χ2v) is 4.84. The molecule has 0 aliphatic rings. The number of benzene rings is 1. The summed E-state index contributed by atoms with van der Waals surface area (Å²) in [4.78, 5) is 4.11. The Hall–Kier alpha value is -1.88. The third-order valence-corrected chi connectivity index (χ3v) is 3.10. The largest absolute Gasteiger partial charge is 0.487 e. The second-order valence-electron chi connectivity index (χ2n) is 4.84. The topological polar surface area (TPSA) is 53.1 Å². The molecule has 1 atom stereocenters. The van der Waals surface area contributed by atoms with E-state index >= 15 is 0 Å². The van der Waals surface area contributed by atoms with E-state index in [2.05, 4.69) is 11.9 Å². The van der Waals surface area contributed by atoms with Crippen molar-refractivity contribution in [1.82, 2.24) is 9.55 Å². The van der Waals surface area contributed by atoms with Crippen molar-refractivity contribution in [3.63, 3.8) is 0 Å². The summed E-state index contributed by atoms with van der Waals surface area (Å²) in [6.07, 6.45) is 4.56. The molecule has 5 heteroatoms. The molecule has 0 saturated heterocycles. The number of hydrogen-bond acceptors (Lipinski definition) is 3. The highest BCUT2D eigenvalue weighted by Crippen LogP contribution is 2.25. The van der Waals surface area contributed by atoms with Crippen LogP contribution in [0.3, 0.4) is 0 Å². The molecule has 1 aromatic heterocycles. The lowest BCUT2D eigenvalue weighted by molar-refractivity contribution is 0.288. The molecule has 2 N–H and O–H groups in total. The van der Waals surface area contributed by atoms with Gasteiger partial charge in [0.25, 0.3) is 0 Å². The van der Waals surface area contributed by atoms with E-state index in [4.69, 9.17) is 10.5 Å². The molecular weight excluding hydrogens is 257 g/mol. The summed E-state index contributed by atoms with van der Waals surface area (Å²) in [6.45, 7) is 5.19. The summed E-state index contributed by atoms with van der Waals surface area (Å²) in [5.41, 5.74) is 7.63. The number of imidazole rings is 1. The molecule has 0 bridgehead atoms. The van der Waals surface area contributed by atoms with Gasteiger partial charge in [0.2, 0.25) is 0 Å². The summed E-state index contributed by atoms with van der Waals surface area (Å²) in [5, 5.41) is 0. The minimum absolute atomic E-state index is 0.203. The van der Waals surface area contributed by atoms with Gasteiger partial charge >= 0.3 is 0 Å². The highest BCUT2D eigenvalue weighted by molar-refractivity contribution is 5.36. The van der Waals surface area contributed by atoms with Crippen LogP contribution < -0.4 is 10.5 Å². The summed E-state index contributed by atoms with van der Waals surface area (Å²) in [7, 11) is 0. The molecule has 0 aliphatic heterocycles. The minimum Gasteiger partial charge on any atom is -0.487 e. The van der Waals surface area contributed by atoms with Crippen LogP contribution in [0.2, 0.25) is 0 Å². The van der Waals surface area contributed by atoms with Gasteiger partial charge in [0.05, 0.1) is 18.2 Å². The van der Waals surface area contributed by atoms with Gasteiger partial charge in [-0.05, 0) is 19.4 Å². The van der Waals surface area contributed by atoms with Crippen LogP contribution in [0.5, 0.6) is 5.75 Å². The van der Waals surface area contributed by atoms with E-state index < -0.39 is 0 Å². The molecule has 2 aromatic rings. The van der Waals surface area contributed by atoms with Crippen molar-refractivity contribution in [1.29, 1.82) is 0 Å². The minimum atomic E-state index is -0.327. The Morgan fingerprint density at radius 3 is 2.95 bits per heavy atom. The number of halogens is 1. The Labute approximate surface area is 118 Å². The van der Waals surface area contributed by atoms with Gasteiger partial charge < -0.3 is 15.0 Å². The maximum Gasteiger partial charge on any atom is 0.130 e. The van der Waals surface area contributed by atoms with Gasteiger partial charge in [-0.1, -0.05) is 13.0 Å². The van der Waals surface area contributed by atoms with Gasteiger partial charge in [-0.15, -0.1) is 0 Å². The van der Waals surface area contributed by atoms with E-state index in [0.29, 0.717) is 12.4 Å². The van der Waals surface area contributed by atoms with Crippen molar-refractivity contribution in [2.45, 2.75) is 39.5 Å². The van der Waals surface area contributed by atoms with E-state index in [1.54, 1.807) is 18.6 Å². The van der Waals surface area contributed by atoms with Crippen molar-refractivity contribution in [3.05, 3.63) is 47.8 Å². The van der Waals surface area contributed by atoms with Gasteiger partial charge in [0, 0.05) is 24.2 Å². The molecule has 108 valence electrons. The number of hydrogen-bond donors (Lipinski definition) is 1. The first kappa shape index (κ1) is 14.5. The van der Waals surface area contributed by atoms with Gasteiger partial charge in [0.1, 0.15) is 18.2 Å². The molecule has 4 nitrogen and oxygen atoms in total. The molecule has 0 saturated carbocycles. The smallest absolute Gasteiger partial charge is 0.130 e. The molecule has 0 unspecified atom stereocenters. The quantitative estimate of drug-likeness (QED) is 0.883. The number of nitrogens with two attached hydrogens (primary N) is 1. The number of ether oxygens (including phenoxy) is 1. The average Bonchev–Trinajstić information content (AvgIpc) is 2.84. The van der Waals surface area contributed by atoms with Crippen LogP contribution in [-0.4, -0.2) is 9.55 Å².